The van der Waals surface area contributed by atoms with Gasteiger partial charge in [0.25, 0.3) is 5.91 Å². The van der Waals surface area contributed by atoms with Crippen molar-refractivity contribution in [2.45, 2.75) is 37.2 Å². The van der Waals surface area contributed by atoms with Gasteiger partial charge in [0.1, 0.15) is 6.10 Å². The Morgan fingerprint density at radius 2 is 1.67 bits per heavy atom. The Kier molecular flexibility index (Phi) is 4.04. The number of amides is 2. The molecule has 1 saturated carbocycles. The van der Waals surface area contributed by atoms with Crippen molar-refractivity contribution in [3.05, 3.63) is 35.9 Å². The Labute approximate surface area is 142 Å². The van der Waals surface area contributed by atoms with E-state index in [2.05, 4.69) is 12.1 Å². The molecule has 1 aromatic rings. The van der Waals surface area contributed by atoms with Gasteiger partial charge in [0, 0.05) is 32.8 Å². The highest BCUT2D eigenvalue weighted by atomic mass is 16.5. The van der Waals surface area contributed by atoms with Gasteiger partial charge in [-0.15, -0.1) is 0 Å². The standard InChI is InChI=1S/C19H24N2O3/c22-17(16-7-4-14-24-16)20-10-12-21(13-11-20)18(23)19(8-9-19)15-5-2-1-3-6-15/h1-3,5-6,16H,4,7-14H2. The third-order valence-electron chi connectivity index (χ3n) is 5.57. The molecule has 0 spiro atoms. The van der Waals surface area contributed by atoms with E-state index >= 15 is 0 Å². The summed E-state index contributed by atoms with van der Waals surface area (Å²) in [5, 5.41) is 0. The Bertz CT molecular complexity index is 613. The number of carbonyl (C=O) groups excluding carboxylic acids is 2. The van der Waals surface area contributed by atoms with Crippen molar-refractivity contribution in [3.63, 3.8) is 0 Å². The largest absolute Gasteiger partial charge is 0.368 e. The number of carbonyl (C=O) groups is 2. The van der Waals surface area contributed by atoms with Crippen LogP contribution >= 0.6 is 0 Å². The van der Waals surface area contributed by atoms with Crippen LogP contribution in [0.15, 0.2) is 30.3 Å². The first-order valence-electron chi connectivity index (χ1n) is 8.96. The van der Waals surface area contributed by atoms with E-state index in [0.29, 0.717) is 32.8 Å². The molecule has 2 heterocycles. The van der Waals surface area contributed by atoms with Crippen LogP contribution in [0.2, 0.25) is 0 Å². The van der Waals surface area contributed by atoms with Crippen LogP contribution < -0.4 is 0 Å². The molecule has 2 aliphatic heterocycles. The van der Waals surface area contributed by atoms with Gasteiger partial charge in [-0.1, -0.05) is 30.3 Å². The van der Waals surface area contributed by atoms with E-state index in [4.69, 9.17) is 4.74 Å². The van der Waals surface area contributed by atoms with E-state index < -0.39 is 0 Å². The number of ether oxygens (including phenoxy) is 1. The zero-order valence-corrected chi connectivity index (χ0v) is 13.9. The van der Waals surface area contributed by atoms with Gasteiger partial charge in [-0.25, -0.2) is 0 Å². The zero-order chi connectivity index (χ0) is 16.6. The van der Waals surface area contributed by atoms with Gasteiger partial charge >= 0.3 is 0 Å². The number of hydrogen-bond acceptors (Lipinski definition) is 3. The number of benzene rings is 1. The molecule has 0 aromatic heterocycles. The van der Waals surface area contributed by atoms with Gasteiger partial charge in [-0.3, -0.25) is 9.59 Å². The normalized spacial score (nSPS) is 25.6. The van der Waals surface area contributed by atoms with Crippen LogP contribution in [0, 0.1) is 0 Å². The first kappa shape index (κ1) is 15.6. The van der Waals surface area contributed by atoms with Crippen LogP contribution in [-0.2, 0) is 19.7 Å². The van der Waals surface area contributed by atoms with E-state index in [0.717, 1.165) is 31.2 Å². The number of hydrogen-bond donors (Lipinski definition) is 0. The minimum absolute atomic E-state index is 0.101. The molecule has 0 N–H and O–H groups in total. The smallest absolute Gasteiger partial charge is 0.251 e. The Balaban J connectivity index is 1.37. The fourth-order valence-corrected chi connectivity index (χ4v) is 3.92. The van der Waals surface area contributed by atoms with Crippen molar-refractivity contribution in [1.29, 1.82) is 0 Å². The summed E-state index contributed by atoms with van der Waals surface area (Å²) in [7, 11) is 0. The van der Waals surface area contributed by atoms with Crippen molar-refractivity contribution < 1.29 is 14.3 Å². The van der Waals surface area contributed by atoms with Gasteiger partial charge in [0.15, 0.2) is 0 Å². The number of piperazine rings is 1. The molecule has 1 aromatic carbocycles. The fraction of sp³-hybridized carbons (Fsp3) is 0.579. The van der Waals surface area contributed by atoms with Gasteiger partial charge in [0.05, 0.1) is 5.41 Å². The van der Waals surface area contributed by atoms with Crippen molar-refractivity contribution >= 4 is 11.8 Å². The molecule has 4 rings (SSSR count). The molecule has 0 bridgehead atoms. The minimum atomic E-state index is -0.304. The quantitative estimate of drug-likeness (QED) is 0.846. The van der Waals surface area contributed by atoms with Crippen LogP contribution in [0.25, 0.3) is 0 Å². The van der Waals surface area contributed by atoms with Crippen molar-refractivity contribution in [2.24, 2.45) is 0 Å². The zero-order valence-electron chi connectivity index (χ0n) is 13.9. The summed E-state index contributed by atoms with van der Waals surface area (Å²) in [4.78, 5) is 29.2. The summed E-state index contributed by atoms with van der Waals surface area (Å²) < 4.78 is 5.49. The van der Waals surface area contributed by atoms with E-state index in [-0.39, 0.29) is 23.3 Å². The summed E-state index contributed by atoms with van der Waals surface area (Å²) in [6, 6.07) is 10.1. The van der Waals surface area contributed by atoms with E-state index in [1.54, 1.807) is 0 Å². The number of rotatable bonds is 3. The molecule has 3 aliphatic rings. The van der Waals surface area contributed by atoms with Crippen LogP contribution in [0.5, 0.6) is 0 Å². The molecule has 2 amide bonds. The molecule has 5 heteroatoms. The van der Waals surface area contributed by atoms with Gasteiger partial charge < -0.3 is 14.5 Å². The summed E-state index contributed by atoms with van der Waals surface area (Å²) >= 11 is 0. The topological polar surface area (TPSA) is 49.9 Å². The Morgan fingerprint density at radius 1 is 1.00 bits per heavy atom. The lowest BCUT2D eigenvalue weighted by Gasteiger charge is -2.37. The lowest BCUT2D eigenvalue weighted by Crippen LogP contribution is -2.54. The maximum atomic E-state index is 13.0. The fourth-order valence-electron chi connectivity index (χ4n) is 3.92. The van der Waals surface area contributed by atoms with Gasteiger partial charge in [0.2, 0.25) is 5.91 Å². The second-order valence-corrected chi connectivity index (χ2v) is 7.07. The molecule has 3 fully saturated rings. The van der Waals surface area contributed by atoms with Crippen molar-refractivity contribution in [3.8, 4) is 0 Å². The minimum Gasteiger partial charge on any atom is -0.368 e. The second kappa shape index (κ2) is 6.20. The van der Waals surface area contributed by atoms with E-state index in [1.807, 2.05) is 28.0 Å². The maximum Gasteiger partial charge on any atom is 0.251 e. The molecule has 1 atom stereocenters. The summed E-state index contributed by atoms with van der Waals surface area (Å²) in [6.45, 7) is 3.19. The average molecular weight is 328 g/mol. The van der Waals surface area contributed by atoms with Crippen LogP contribution in [-0.4, -0.2) is 60.5 Å². The van der Waals surface area contributed by atoms with Crippen LogP contribution in [0.1, 0.15) is 31.2 Å². The monoisotopic (exact) mass is 328 g/mol. The third-order valence-corrected chi connectivity index (χ3v) is 5.57. The SMILES string of the molecule is O=C(C1CCCO1)N1CCN(C(=O)C2(c3ccccc3)CC2)CC1. The molecule has 24 heavy (non-hydrogen) atoms. The number of nitrogens with zero attached hydrogens (tertiary/aromatic N) is 2. The average Bonchev–Trinajstić information content (AvgIpc) is 3.28. The second-order valence-electron chi connectivity index (χ2n) is 7.07. The Hall–Kier alpha value is -1.88. The lowest BCUT2D eigenvalue weighted by molar-refractivity contribution is -0.146. The summed E-state index contributed by atoms with van der Waals surface area (Å²) in [6.07, 6.45) is 3.41. The predicted molar refractivity (Wildman–Crippen MR) is 89.5 cm³/mol. The van der Waals surface area contributed by atoms with Crippen LogP contribution in [0.3, 0.4) is 0 Å². The summed E-state index contributed by atoms with van der Waals surface area (Å²) in [5.41, 5.74) is 0.829. The van der Waals surface area contributed by atoms with Crippen molar-refractivity contribution in [1.82, 2.24) is 9.80 Å². The van der Waals surface area contributed by atoms with Gasteiger partial charge in [-0.2, -0.15) is 0 Å². The summed E-state index contributed by atoms with van der Waals surface area (Å²) in [5.74, 6) is 0.335. The van der Waals surface area contributed by atoms with Crippen molar-refractivity contribution in [2.75, 3.05) is 32.8 Å². The Morgan fingerprint density at radius 3 is 2.25 bits per heavy atom. The van der Waals surface area contributed by atoms with Crippen LogP contribution in [0.4, 0.5) is 0 Å². The first-order chi connectivity index (χ1) is 11.7. The molecule has 1 unspecified atom stereocenters. The third kappa shape index (κ3) is 2.71. The molecular weight excluding hydrogens is 304 g/mol. The molecular formula is C19H24N2O3. The highest BCUT2D eigenvalue weighted by Crippen LogP contribution is 2.49. The first-order valence-corrected chi connectivity index (χ1v) is 8.96. The molecule has 0 radical (unpaired) electrons. The highest BCUT2D eigenvalue weighted by molar-refractivity contribution is 5.91. The predicted octanol–water partition coefficient (Wildman–Crippen LogP) is 1.57. The molecule has 128 valence electrons. The molecule has 1 aliphatic carbocycles. The maximum absolute atomic E-state index is 13.0. The molecule has 2 saturated heterocycles. The lowest BCUT2D eigenvalue weighted by atomic mass is 9.94. The molecule has 5 nitrogen and oxygen atoms in total. The van der Waals surface area contributed by atoms with E-state index in [1.165, 1.54) is 0 Å². The van der Waals surface area contributed by atoms with E-state index in [9.17, 15) is 9.59 Å². The highest BCUT2D eigenvalue weighted by Gasteiger charge is 2.53. The van der Waals surface area contributed by atoms with Gasteiger partial charge in [-0.05, 0) is 31.2 Å².